The highest BCUT2D eigenvalue weighted by molar-refractivity contribution is 7.79. The normalized spacial score (nSPS) is 10.2. The van der Waals surface area contributed by atoms with E-state index in [1.54, 1.807) is 6.92 Å². The van der Waals surface area contributed by atoms with Gasteiger partial charge in [-0.2, -0.15) is 0 Å². The number of nitrogens with zero attached hydrogens (tertiary/aromatic N) is 1. The average molecular weight is 209 g/mol. The lowest BCUT2D eigenvalue weighted by atomic mass is 10.5. The number of nitrogens with one attached hydrogen (secondary N) is 1. The molecule has 0 spiro atoms. The molecule has 1 atom stereocenters. The number of hydrogen-bond acceptors (Lipinski definition) is 2. The average Bonchev–Trinajstić information content (AvgIpc) is 2.41. The van der Waals surface area contributed by atoms with Crippen molar-refractivity contribution < 1.29 is 22.1 Å². The van der Waals surface area contributed by atoms with Crippen LogP contribution in [0.2, 0.25) is 0 Å². The number of aliphatic hydroxyl groups excluding tert-OH is 1. The maximum Gasteiger partial charge on any atom is 0.241 e. The predicted octanol–water partition coefficient (Wildman–Crippen LogP) is -2.79. The van der Waals surface area contributed by atoms with Gasteiger partial charge in [0.2, 0.25) is 6.33 Å². The summed E-state index contributed by atoms with van der Waals surface area (Å²) >= 11 is 4.30. The minimum atomic E-state index is -0.426. The van der Waals surface area contributed by atoms with Crippen molar-refractivity contribution in [2.24, 2.45) is 7.05 Å². The van der Waals surface area contributed by atoms with Crippen LogP contribution < -0.4 is 17.0 Å². The third-order valence-corrected chi connectivity index (χ3v) is 1.27. The van der Waals surface area contributed by atoms with Crippen molar-refractivity contribution in [3.63, 3.8) is 0 Å². The van der Waals surface area contributed by atoms with Crippen molar-refractivity contribution in [2.75, 3.05) is 0 Å². The molecule has 3 nitrogen and oxygen atoms in total. The fourth-order valence-corrected chi connectivity index (χ4v) is 0.364. The van der Waals surface area contributed by atoms with E-state index < -0.39 is 6.10 Å². The molecular formula is C7H13ClN2OS. The number of aliphatic hydroxyl groups is 1. The van der Waals surface area contributed by atoms with E-state index in [2.05, 4.69) is 17.2 Å². The number of thiocarbonyl (C=S) groups is 1. The first kappa shape index (κ1) is 14.1. The van der Waals surface area contributed by atoms with Gasteiger partial charge in [0.15, 0.2) is 0 Å². The van der Waals surface area contributed by atoms with Crippen molar-refractivity contribution in [2.45, 2.75) is 13.0 Å². The first-order chi connectivity index (χ1) is 5.16. The van der Waals surface area contributed by atoms with Crippen molar-refractivity contribution >= 4 is 17.6 Å². The standard InChI is InChI=1S/C4H6N2.C3H6OS.ClH/c1-6-3-2-5-4-6;1-3(4)2-5;/h2-4H,1H3;2-4H,1H3;1H. The third kappa shape index (κ3) is 9.55. The molecule has 0 saturated heterocycles. The van der Waals surface area contributed by atoms with E-state index in [-0.39, 0.29) is 12.4 Å². The Labute approximate surface area is 83.8 Å². The Balaban J connectivity index is 0. The van der Waals surface area contributed by atoms with E-state index in [1.165, 1.54) is 5.37 Å². The van der Waals surface area contributed by atoms with Crippen LogP contribution in [0.25, 0.3) is 0 Å². The number of halogens is 1. The maximum atomic E-state index is 8.20. The molecule has 1 unspecified atom stereocenters. The summed E-state index contributed by atoms with van der Waals surface area (Å²) in [6.07, 6.45) is 5.27. The number of aromatic amines is 1. The quantitative estimate of drug-likeness (QED) is 0.387. The van der Waals surface area contributed by atoms with Gasteiger partial charge >= 0.3 is 0 Å². The van der Waals surface area contributed by atoms with Crippen LogP contribution in [0.5, 0.6) is 0 Å². The Hall–Kier alpha value is -0.450. The number of hydrogen-bond donors (Lipinski definition) is 2. The molecule has 0 fully saturated rings. The molecule has 1 rings (SSSR count). The summed E-state index contributed by atoms with van der Waals surface area (Å²) in [4.78, 5) is 2.89. The predicted molar refractivity (Wildman–Crippen MR) is 47.3 cm³/mol. The Morgan fingerprint density at radius 3 is 2.25 bits per heavy atom. The Bertz CT molecular complexity index is 189. The molecule has 0 radical (unpaired) electrons. The fraction of sp³-hybridized carbons (Fsp3) is 0.429. The van der Waals surface area contributed by atoms with Crippen molar-refractivity contribution in [3.05, 3.63) is 18.7 Å². The Morgan fingerprint density at radius 2 is 2.17 bits per heavy atom. The van der Waals surface area contributed by atoms with Crippen LogP contribution >= 0.6 is 12.2 Å². The minimum Gasteiger partial charge on any atom is -1.00 e. The van der Waals surface area contributed by atoms with Crippen molar-refractivity contribution in [3.8, 4) is 0 Å². The van der Waals surface area contributed by atoms with E-state index in [9.17, 15) is 0 Å². The summed E-state index contributed by atoms with van der Waals surface area (Å²) in [6.45, 7) is 1.62. The molecule has 70 valence electrons. The molecule has 0 aliphatic carbocycles. The van der Waals surface area contributed by atoms with Crippen molar-refractivity contribution in [1.29, 1.82) is 0 Å². The van der Waals surface area contributed by atoms with E-state index >= 15 is 0 Å². The highest BCUT2D eigenvalue weighted by atomic mass is 35.5. The van der Waals surface area contributed by atoms with Crippen LogP contribution in [0.15, 0.2) is 18.7 Å². The van der Waals surface area contributed by atoms with Gasteiger partial charge in [-0.05, 0) is 6.92 Å². The number of H-pyrrole nitrogens is 1. The van der Waals surface area contributed by atoms with Crippen LogP contribution in [0.1, 0.15) is 6.92 Å². The molecule has 0 aromatic carbocycles. The second-order valence-electron chi connectivity index (χ2n) is 2.15. The highest BCUT2D eigenvalue weighted by Crippen LogP contribution is 1.66. The first-order valence-corrected chi connectivity index (χ1v) is 3.75. The lowest BCUT2D eigenvalue weighted by Crippen LogP contribution is -3.00. The summed E-state index contributed by atoms with van der Waals surface area (Å²) in [7, 11) is 1.97. The Morgan fingerprint density at radius 1 is 1.67 bits per heavy atom. The van der Waals surface area contributed by atoms with E-state index in [0.29, 0.717) is 0 Å². The number of imidazole rings is 1. The number of rotatable bonds is 1. The summed E-state index contributed by atoms with van der Waals surface area (Å²) in [5.41, 5.74) is 0. The van der Waals surface area contributed by atoms with Crippen LogP contribution in [0.3, 0.4) is 0 Å². The van der Waals surface area contributed by atoms with Crippen LogP contribution in [0, 0.1) is 0 Å². The first-order valence-electron chi connectivity index (χ1n) is 3.28. The van der Waals surface area contributed by atoms with Gasteiger partial charge in [0.25, 0.3) is 0 Å². The summed E-state index contributed by atoms with van der Waals surface area (Å²) < 4.78 is 1.94. The molecular weight excluding hydrogens is 196 g/mol. The second kappa shape index (κ2) is 8.64. The van der Waals surface area contributed by atoms with Gasteiger partial charge < -0.3 is 17.5 Å². The lowest BCUT2D eigenvalue weighted by Gasteiger charge is -1.82. The second-order valence-corrected chi connectivity index (χ2v) is 2.43. The largest absolute Gasteiger partial charge is 1.00 e. The summed E-state index contributed by atoms with van der Waals surface area (Å²) in [6, 6.07) is 0. The number of aryl methyl sites for hydroxylation is 1. The molecule has 0 aliphatic rings. The monoisotopic (exact) mass is 208 g/mol. The van der Waals surface area contributed by atoms with Gasteiger partial charge in [-0.1, -0.05) is 12.2 Å². The van der Waals surface area contributed by atoms with Gasteiger partial charge in [-0.15, -0.1) is 0 Å². The van der Waals surface area contributed by atoms with Gasteiger partial charge in [-0.25, -0.2) is 4.57 Å². The van der Waals surface area contributed by atoms with Gasteiger partial charge in [0.1, 0.15) is 12.4 Å². The summed E-state index contributed by atoms with van der Waals surface area (Å²) in [5.74, 6) is 0. The zero-order chi connectivity index (χ0) is 8.69. The molecule has 1 aromatic heterocycles. The van der Waals surface area contributed by atoms with Crippen LogP contribution in [-0.4, -0.2) is 21.6 Å². The third-order valence-electron chi connectivity index (χ3n) is 0.881. The van der Waals surface area contributed by atoms with Crippen LogP contribution in [-0.2, 0) is 7.05 Å². The topological polar surface area (TPSA) is 39.9 Å². The van der Waals surface area contributed by atoms with Gasteiger partial charge in [0.05, 0.1) is 13.2 Å². The lowest BCUT2D eigenvalue weighted by molar-refractivity contribution is -0.670. The van der Waals surface area contributed by atoms with Crippen LogP contribution in [0.4, 0.5) is 0 Å². The Kier molecular flexibility index (Phi) is 10.2. The molecule has 5 heteroatoms. The maximum absolute atomic E-state index is 8.20. The molecule has 1 aromatic rings. The molecule has 1 heterocycles. The summed E-state index contributed by atoms with van der Waals surface area (Å²) in [5, 5.41) is 9.51. The smallest absolute Gasteiger partial charge is 0.241 e. The van der Waals surface area contributed by atoms with Gasteiger partial charge in [0, 0.05) is 5.37 Å². The zero-order valence-corrected chi connectivity index (χ0v) is 8.64. The zero-order valence-electron chi connectivity index (χ0n) is 7.07. The molecule has 0 bridgehead atoms. The van der Waals surface area contributed by atoms with Crippen molar-refractivity contribution in [1.82, 2.24) is 4.98 Å². The minimum absolute atomic E-state index is 0. The van der Waals surface area contributed by atoms with Gasteiger partial charge in [-0.3, -0.25) is 4.98 Å². The molecule has 2 N–H and O–H groups in total. The molecule has 0 saturated carbocycles. The SMILES string of the molecule is CC(O)C=S.C[n+]1cc[nH]c1.[Cl-]. The van der Waals surface area contributed by atoms with E-state index in [1.807, 2.05) is 30.3 Å². The fourth-order valence-electron chi connectivity index (χ4n) is 0.364. The highest BCUT2D eigenvalue weighted by Gasteiger charge is 1.78. The molecule has 0 amide bonds. The number of aromatic nitrogens is 2. The molecule has 0 aliphatic heterocycles. The van der Waals surface area contributed by atoms with E-state index in [0.717, 1.165) is 0 Å². The molecule has 12 heavy (non-hydrogen) atoms. The van der Waals surface area contributed by atoms with E-state index in [4.69, 9.17) is 5.11 Å².